The van der Waals surface area contributed by atoms with Gasteiger partial charge in [0.1, 0.15) is 5.75 Å². The summed E-state index contributed by atoms with van der Waals surface area (Å²) in [4.78, 5) is 13.5. The SMILES string of the molecule is COc1ccc(C(=O)N[C@@H](c2cccs2)C(C)C)cc1. The maximum absolute atomic E-state index is 12.3. The van der Waals surface area contributed by atoms with E-state index in [9.17, 15) is 4.79 Å². The number of hydrogen-bond donors (Lipinski definition) is 1. The lowest BCUT2D eigenvalue weighted by atomic mass is 10.0. The zero-order chi connectivity index (χ0) is 14.5. The van der Waals surface area contributed by atoms with Crippen LogP contribution in [0.4, 0.5) is 0 Å². The van der Waals surface area contributed by atoms with Gasteiger partial charge in [-0.25, -0.2) is 0 Å². The highest BCUT2D eigenvalue weighted by molar-refractivity contribution is 7.10. The Balaban J connectivity index is 2.12. The van der Waals surface area contributed by atoms with Crippen molar-refractivity contribution in [3.05, 3.63) is 52.2 Å². The molecule has 2 aromatic rings. The average Bonchev–Trinajstić information content (AvgIpc) is 2.98. The number of carbonyl (C=O) groups is 1. The van der Waals surface area contributed by atoms with E-state index in [0.29, 0.717) is 11.5 Å². The first-order chi connectivity index (χ1) is 9.61. The highest BCUT2D eigenvalue weighted by Gasteiger charge is 2.19. The first kappa shape index (κ1) is 14.6. The van der Waals surface area contributed by atoms with E-state index in [1.54, 1.807) is 42.7 Å². The minimum atomic E-state index is -0.0558. The van der Waals surface area contributed by atoms with Gasteiger partial charge in [-0.3, -0.25) is 4.79 Å². The number of ether oxygens (including phenoxy) is 1. The second kappa shape index (κ2) is 6.57. The predicted octanol–water partition coefficient (Wildman–Crippen LogP) is 3.88. The molecule has 0 saturated carbocycles. The van der Waals surface area contributed by atoms with Crippen LogP contribution in [0.25, 0.3) is 0 Å². The van der Waals surface area contributed by atoms with Crippen molar-refractivity contribution in [1.29, 1.82) is 0 Å². The molecule has 3 nitrogen and oxygen atoms in total. The molecule has 0 saturated heterocycles. The molecule has 4 heteroatoms. The Hall–Kier alpha value is -1.81. The van der Waals surface area contributed by atoms with Crippen LogP contribution in [0.1, 0.15) is 35.1 Å². The molecule has 0 bridgehead atoms. The third-order valence-corrected chi connectivity index (χ3v) is 4.11. The van der Waals surface area contributed by atoms with Gasteiger partial charge in [-0.15, -0.1) is 11.3 Å². The van der Waals surface area contributed by atoms with Crippen LogP contribution in [0, 0.1) is 5.92 Å². The fourth-order valence-corrected chi connectivity index (χ4v) is 2.95. The van der Waals surface area contributed by atoms with E-state index in [-0.39, 0.29) is 11.9 Å². The first-order valence-electron chi connectivity index (χ1n) is 6.60. The molecule has 0 spiro atoms. The molecule has 0 fully saturated rings. The number of rotatable bonds is 5. The third kappa shape index (κ3) is 3.39. The van der Waals surface area contributed by atoms with Gasteiger partial charge in [-0.1, -0.05) is 19.9 Å². The van der Waals surface area contributed by atoms with Crippen LogP contribution in [-0.4, -0.2) is 13.0 Å². The second-order valence-electron chi connectivity index (χ2n) is 4.94. The molecule has 1 atom stereocenters. The summed E-state index contributed by atoms with van der Waals surface area (Å²) in [6, 6.07) is 11.3. The van der Waals surface area contributed by atoms with E-state index >= 15 is 0 Å². The van der Waals surface area contributed by atoms with Crippen LogP contribution >= 0.6 is 11.3 Å². The minimum Gasteiger partial charge on any atom is -0.497 e. The van der Waals surface area contributed by atoms with E-state index in [2.05, 4.69) is 25.2 Å². The average molecular weight is 289 g/mol. The highest BCUT2D eigenvalue weighted by Crippen LogP contribution is 2.26. The molecular weight excluding hydrogens is 270 g/mol. The molecule has 20 heavy (non-hydrogen) atoms. The summed E-state index contributed by atoms with van der Waals surface area (Å²) >= 11 is 1.67. The number of benzene rings is 1. The topological polar surface area (TPSA) is 38.3 Å². The van der Waals surface area contributed by atoms with E-state index in [1.807, 2.05) is 11.4 Å². The Morgan fingerprint density at radius 3 is 2.40 bits per heavy atom. The molecule has 1 heterocycles. The van der Waals surface area contributed by atoms with Crippen molar-refractivity contribution in [2.75, 3.05) is 7.11 Å². The Morgan fingerprint density at radius 2 is 1.90 bits per heavy atom. The van der Waals surface area contributed by atoms with Crippen LogP contribution in [0.3, 0.4) is 0 Å². The van der Waals surface area contributed by atoms with Crippen molar-refractivity contribution in [1.82, 2.24) is 5.32 Å². The lowest BCUT2D eigenvalue weighted by molar-refractivity contribution is 0.0926. The van der Waals surface area contributed by atoms with Crippen LogP contribution in [-0.2, 0) is 0 Å². The first-order valence-corrected chi connectivity index (χ1v) is 7.48. The van der Waals surface area contributed by atoms with Gasteiger partial charge >= 0.3 is 0 Å². The fraction of sp³-hybridized carbons (Fsp3) is 0.312. The molecule has 1 aromatic heterocycles. The number of hydrogen-bond acceptors (Lipinski definition) is 3. The molecule has 1 N–H and O–H groups in total. The molecule has 106 valence electrons. The summed E-state index contributed by atoms with van der Waals surface area (Å²) in [5.41, 5.74) is 0.646. The molecule has 0 radical (unpaired) electrons. The number of nitrogens with one attached hydrogen (secondary N) is 1. The third-order valence-electron chi connectivity index (χ3n) is 3.16. The molecule has 0 aliphatic heterocycles. The van der Waals surface area contributed by atoms with Crippen LogP contribution in [0.2, 0.25) is 0 Å². The second-order valence-corrected chi connectivity index (χ2v) is 5.92. The van der Waals surface area contributed by atoms with Crippen molar-refractivity contribution in [2.45, 2.75) is 19.9 Å². The molecular formula is C16H19NO2S. The fourth-order valence-electron chi connectivity index (χ4n) is 2.00. The lowest BCUT2D eigenvalue weighted by Gasteiger charge is -2.21. The Bertz CT molecular complexity index is 546. The summed E-state index contributed by atoms with van der Waals surface area (Å²) < 4.78 is 5.10. The molecule has 2 rings (SSSR count). The summed E-state index contributed by atoms with van der Waals surface area (Å²) in [6.45, 7) is 4.22. The number of carbonyl (C=O) groups excluding carboxylic acids is 1. The summed E-state index contributed by atoms with van der Waals surface area (Å²) in [5, 5.41) is 5.14. The number of amides is 1. The van der Waals surface area contributed by atoms with E-state index < -0.39 is 0 Å². The standard InChI is InChI=1S/C16H19NO2S/c1-11(2)15(14-5-4-10-20-14)17-16(18)12-6-8-13(19-3)9-7-12/h4-11,15H,1-3H3,(H,17,18)/t15-/m1/s1. The Labute approximate surface area is 123 Å². The van der Waals surface area contributed by atoms with E-state index in [1.165, 1.54) is 4.88 Å². The quantitative estimate of drug-likeness (QED) is 0.907. The van der Waals surface area contributed by atoms with Crippen molar-refractivity contribution in [2.24, 2.45) is 5.92 Å². The number of methoxy groups -OCH3 is 1. The van der Waals surface area contributed by atoms with E-state index in [0.717, 1.165) is 5.75 Å². The summed E-state index contributed by atoms with van der Waals surface area (Å²) in [6.07, 6.45) is 0. The van der Waals surface area contributed by atoms with Crippen molar-refractivity contribution in [3.8, 4) is 5.75 Å². The zero-order valence-corrected chi connectivity index (χ0v) is 12.7. The molecule has 1 aromatic carbocycles. The Kier molecular flexibility index (Phi) is 4.79. The normalized spacial score (nSPS) is 12.2. The van der Waals surface area contributed by atoms with Crippen molar-refractivity contribution >= 4 is 17.2 Å². The highest BCUT2D eigenvalue weighted by atomic mass is 32.1. The summed E-state index contributed by atoms with van der Waals surface area (Å²) in [5.74, 6) is 1.04. The van der Waals surface area contributed by atoms with Gasteiger partial charge in [-0.2, -0.15) is 0 Å². The van der Waals surface area contributed by atoms with Gasteiger partial charge in [0.2, 0.25) is 0 Å². The van der Waals surface area contributed by atoms with Gasteiger partial charge in [-0.05, 0) is 41.6 Å². The van der Waals surface area contributed by atoms with Gasteiger partial charge in [0, 0.05) is 10.4 Å². The molecule has 0 unspecified atom stereocenters. The maximum atomic E-state index is 12.3. The van der Waals surface area contributed by atoms with Gasteiger partial charge in [0.25, 0.3) is 5.91 Å². The van der Waals surface area contributed by atoms with Gasteiger partial charge in [0.15, 0.2) is 0 Å². The molecule has 0 aliphatic carbocycles. The maximum Gasteiger partial charge on any atom is 0.251 e. The largest absolute Gasteiger partial charge is 0.497 e. The Morgan fingerprint density at radius 1 is 1.20 bits per heavy atom. The van der Waals surface area contributed by atoms with Crippen LogP contribution in [0.5, 0.6) is 5.75 Å². The molecule has 1 amide bonds. The monoisotopic (exact) mass is 289 g/mol. The summed E-state index contributed by atoms with van der Waals surface area (Å²) in [7, 11) is 1.61. The van der Waals surface area contributed by atoms with Crippen molar-refractivity contribution in [3.63, 3.8) is 0 Å². The zero-order valence-electron chi connectivity index (χ0n) is 11.9. The lowest BCUT2D eigenvalue weighted by Crippen LogP contribution is -2.31. The van der Waals surface area contributed by atoms with Gasteiger partial charge < -0.3 is 10.1 Å². The van der Waals surface area contributed by atoms with Crippen LogP contribution in [0.15, 0.2) is 41.8 Å². The van der Waals surface area contributed by atoms with Gasteiger partial charge in [0.05, 0.1) is 13.2 Å². The van der Waals surface area contributed by atoms with Crippen molar-refractivity contribution < 1.29 is 9.53 Å². The number of thiophene rings is 1. The van der Waals surface area contributed by atoms with E-state index in [4.69, 9.17) is 4.74 Å². The minimum absolute atomic E-state index is 0.0459. The molecule has 0 aliphatic rings. The van der Waals surface area contributed by atoms with Crippen LogP contribution < -0.4 is 10.1 Å². The predicted molar refractivity (Wildman–Crippen MR) is 82.4 cm³/mol. The smallest absolute Gasteiger partial charge is 0.251 e.